The minimum absolute atomic E-state index is 0.0796. The van der Waals surface area contributed by atoms with Crippen LogP contribution in [0.1, 0.15) is 22.1 Å². The van der Waals surface area contributed by atoms with Gasteiger partial charge >= 0.3 is 0 Å². The van der Waals surface area contributed by atoms with Crippen LogP contribution < -0.4 is 15.6 Å². The highest BCUT2D eigenvalue weighted by Crippen LogP contribution is 2.36. The van der Waals surface area contributed by atoms with Crippen molar-refractivity contribution < 1.29 is 14.7 Å². The molecule has 5 rings (SSSR count). The van der Waals surface area contributed by atoms with Crippen LogP contribution in [0.3, 0.4) is 0 Å². The number of benzene rings is 2. The molecule has 8 heteroatoms. The fourth-order valence-corrected chi connectivity index (χ4v) is 3.76. The summed E-state index contributed by atoms with van der Waals surface area (Å²) in [5.41, 5.74) is 0.264. The molecule has 0 bridgehead atoms. The van der Waals surface area contributed by atoms with Crippen LogP contribution in [0.25, 0.3) is 11.0 Å². The molecule has 8 nitrogen and oxygen atoms in total. The molecule has 1 amide bonds. The highest BCUT2D eigenvalue weighted by atomic mass is 16.5. The number of hydrogen-bond donors (Lipinski definition) is 2. The van der Waals surface area contributed by atoms with Gasteiger partial charge < -0.3 is 20.2 Å². The van der Waals surface area contributed by atoms with Crippen LogP contribution in [0.5, 0.6) is 11.5 Å². The summed E-state index contributed by atoms with van der Waals surface area (Å²) in [6.45, 7) is 0. The van der Waals surface area contributed by atoms with Gasteiger partial charge in [0.25, 0.3) is 11.5 Å². The zero-order valence-corrected chi connectivity index (χ0v) is 16.5. The van der Waals surface area contributed by atoms with E-state index in [1.165, 1.54) is 11.1 Å². The minimum atomic E-state index is -0.815. The van der Waals surface area contributed by atoms with Crippen molar-refractivity contribution in [1.29, 1.82) is 0 Å². The molecule has 0 spiro atoms. The Kier molecular flexibility index (Phi) is 4.32. The van der Waals surface area contributed by atoms with Crippen LogP contribution in [0.2, 0.25) is 0 Å². The van der Waals surface area contributed by atoms with Crippen molar-refractivity contribution in [1.82, 2.24) is 14.6 Å². The lowest BCUT2D eigenvalue weighted by molar-refractivity contribution is 0.0727. The highest BCUT2D eigenvalue weighted by molar-refractivity contribution is 6.08. The van der Waals surface area contributed by atoms with Gasteiger partial charge in [0.05, 0.1) is 5.69 Å². The van der Waals surface area contributed by atoms with Crippen molar-refractivity contribution in [3.05, 3.63) is 94.4 Å². The molecular weight excluding hydrogens is 396 g/mol. The second-order valence-corrected chi connectivity index (χ2v) is 7.19. The number of carbonyl (C=O) groups excluding carboxylic acids is 1. The molecule has 3 heterocycles. The first-order valence-corrected chi connectivity index (χ1v) is 9.64. The second kappa shape index (κ2) is 7.17. The maximum atomic E-state index is 13.1. The number of carbonyl (C=O) groups is 1. The van der Waals surface area contributed by atoms with E-state index in [1.807, 2.05) is 54.6 Å². The summed E-state index contributed by atoms with van der Waals surface area (Å²) >= 11 is 0. The Morgan fingerprint density at radius 2 is 1.77 bits per heavy atom. The van der Waals surface area contributed by atoms with E-state index in [4.69, 9.17) is 4.74 Å². The smallest absolute Gasteiger partial charge is 0.299 e. The van der Waals surface area contributed by atoms with E-state index >= 15 is 0 Å². The van der Waals surface area contributed by atoms with E-state index in [-0.39, 0.29) is 11.2 Å². The first kappa shape index (κ1) is 18.7. The van der Waals surface area contributed by atoms with Gasteiger partial charge in [-0.2, -0.15) is 0 Å². The second-order valence-electron chi connectivity index (χ2n) is 7.19. The summed E-state index contributed by atoms with van der Waals surface area (Å²) in [6, 6.07) is 20.2. The number of nitrogens with zero attached hydrogens (tertiary/aromatic N) is 3. The van der Waals surface area contributed by atoms with Gasteiger partial charge in [-0.05, 0) is 42.0 Å². The molecule has 1 unspecified atom stereocenters. The maximum absolute atomic E-state index is 13.1. The molecule has 0 fully saturated rings. The molecule has 2 aromatic heterocycles. The minimum Gasteiger partial charge on any atom is -0.457 e. The number of aromatic nitrogens is 2. The van der Waals surface area contributed by atoms with E-state index in [9.17, 15) is 14.8 Å². The lowest BCUT2D eigenvalue weighted by atomic mass is 10.0. The number of hydrogen-bond acceptors (Lipinski definition) is 6. The molecule has 1 aliphatic rings. The van der Waals surface area contributed by atoms with Gasteiger partial charge in [0, 0.05) is 18.6 Å². The standard InChI is InChI=1S/C23H18N4O4/c1-26-20(14-7-5-10-16(13-14)31-15-8-3-2-4-9-15)25-19-17-11-6-12-24-21(17)27(30)23(29)18(19)22(26)28/h2-13,20,25,30H,1H3. The molecule has 31 heavy (non-hydrogen) atoms. The topological polar surface area (TPSA) is 96.7 Å². The van der Waals surface area contributed by atoms with E-state index in [1.54, 1.807) is 19.2 Å². The fraction of sp³-hybridized carbons (Fsp3) is 0.0870. The van der Waals surface area contributed by atoms with E-state index in [2.05, 4.69) is 10.3 Å². The van der Waals surface area contributed by atoms with Crippen molar-refractivity contribution in [3.8, 4) is 11.5 Å². The van der Waals surface area contributed by atoms with Crippen LogP contribution in [-0.4, -0.2) is 32.8 Å². The van der Waals surface area contributed by atoms with Crippen molar-refractivity contribution in [2.24, 2.45) is 0 Å². The Morgan fingerprint density at radius 1 is 1.00 bits per heavy atom. The predicted octanol–water partition coefficient (Wildman–Crippen LogP) is 3.62. The average Bonchev–Trinajstić information content (AvgIpc) is 2.80. The molecule has 1 atom stereocenters. The number of amides is 1. The van der Waals surface area contributed by atoms with Crippen molar-refractivity contribution in [3.63, 3.8) is 0 Å². The highest BCUT2D eigenvalue weighted by Gasteiger charge is 2.35. The normalized spacial score (nSPS) is 15.5. The van der Waals surface area contributed by atoms with Gasteiger partial charge in [-0.15, -0.1) is 4.73 Å². The molecule has 1 aliphatic heterocycles. The summed E-state index contributed by atoms with van der Waals surface area (Å²) < 4.78 is 6.33. The SMILES string of the molecule is CN1C(=O)c2c(c3cccnc3n(O)c2=O)NC1c1cccc(Oc2ccccc2)c1. The number of nitrogens with one attached hydrogen (secondary N) is 1. The third-order valence-corrected chi connectivity index (χ3v) is 5.27. The molecule has 0 aliphatic carbocycles. The van der Waals surface area contributed by atoms with Crippen LogP contribution in [0.4, 0.5) is 5.69 Å². The van der Waals surface area contributed by atoms with E-state index < -0.39 is 17.6 Å². The van der Waals surface area contributed by atoms with Crippen molar-refractivity contribution in [2.75, 3.05) is 12.4 Å². The molecule has 0 saturated carbocycles. The maximum Gasteiger partial charge on any atom is 0.299 e. The number of pyridine rings is 2. The zero-order chi connectivity index (χ0) is 21.5. The van der Waals surface area contributed by atoms with Gasteiger partial charge in [0.2, 0.25) is 0 Å². The lowest BCUT2D eigenvalue weighted by Crippen LogP contribution is -2.44. The van der Waals surface area contributed by atoms with Gasteiger partial charge in [0.15, 0.2) is 5.65 Å². The quantitative estimate of drug-likeness (QED) is 0.497. The van der Waals surface area contributed by atoms with Crippen LogP contribution in [0.15, 0.2) is 77.7 Å². The number of ether oxygens (including phenoxy) is 1. The average molecular weight is 414 g/mol. The Labute approximate surface area is 176 Å². The monoisotopic (exact) mass is 414 g/mol. The molecular formula is C23H18N4O4. The predicted molar refractivity (Wildman–Crippen MR) is 115 cm³/mol. The zero-order valence-electron chi connectivity index (χ0n) is 16.5. The molecule has 4 aromatic rings. The summed E-state index contributed by atoms with van der Waals surface area (Å²) in [7, 11) is 1.60. The summed E-state index contributed by atoms with van der Waals surface area (Å²) in [5, 5.41) is 14.0. The van der Waals surface area contributed by atoms with E-state index in [0.29, 0.717) is 27.3 Å². The van der Waals surface area contributed by atoms with Gasteiger partial charge in [0.1, 0.15) is 23.2 Å². The molecule has 0 radical (unpaired) electrons. The Morgan fingerprint density at radius 3 is 2.58 bits per heavy atom. The first-order chi connectivity index (χ1) is 15.0. The third-order valence-electron chi connectivity index (χ3n) is 5.27. The van der Waals surface area contributed by atoms with Crippen LogP contribution in [-0.2, 0) is 0 Å². The number of anilines is 1. The number of fused-ring (bicyclic) bond motifs is 3. The summed E-state index contributed by atoms with van der Waals surface area (Å²) in [5.74, 6) is 0.827. The van der Waals surface area contributed by atoms with Crippen LogP contribution >= 0.6 is 0 Å². The molecule has 2 N–H and O–H groups in total. The fourth-order valence-electron chi connectivity index (χ4n) is 3.76. The Hall–Kier alpha value is -4.33. The number of rotatable bonds is 3. The van der Waals surface area contributed by atoms with Gasteiger partial charge in [-0.1, -0.05) is 30.3 Å². The van der Waals surface area contributed by atoms with Crippen LogP contribution in [0, 0.1) is 0 Å². The molecule has 154 valence electrons. The van der Waals surface area contributed by atoms with Crippen molar-refractivity contribution in [2.45, 2.75) is 6.17 Å². The van der Waals surface area contributed by atoms with Crippen molar-refractivity contribution >= 4 is 22.6 Å². The van der Waals surface area contributed by atoms with E-state index in [0.717, 1.165) is 5.56 Å². The van der Waals surface area contributed by atoms with Gasteiger partial charge in [-0.25, -0.2) is 4.98 Å². The number of para-hydroxylation sites is 1. The summed E-state index contributed by atoms with van der Waals surface area (Å²) in [6.07, 6.45) is 0.927. The van der Waals surface area contributed by atoms with Gasteiger partial charge in [-0.3, -0.25) is 9.59 Å². The largest absolute Gasteiger partial charge is 0.457 e. The lowest BCUT2D eigenvalue weighted by Gasteiger charge is -2.35. The Bertz CT molecular complexity index is 1370. The Balaban J connectivity index is 1.59. The summed E-state index contributed by atoms with van der Waals surface area (Å²) in [4.78, 5) is 31.3. The third kappa shape index (κ3) is 3.05. The molecule has 2 aromatic carbocycles. The molecule has 0 saturated heterocycles. The first-order valence-electron chi connectivity index (χ1n) is 9.64.